The van der Waals surface area contributed by atoms with Crippen LogP contribution in [0, 0.1) is 19.0 Å². The third-order valence-corrected chi connectivity index (χ3v) is 10.1. The summed E-state index contributed by atoms with van der Waals surface area (Å²) in [5.74, 6) is 0.503. The Hall–Kier alpha value is -5.68. The van der Waals surface area contributed by atoms with Gasteiger partial charge in [-0.1, -0.05) is 119 Å². The zero-order valence-electron chi connectivity index (χ0n) is 36.9. The van der Waals surface area contributed by atoms with Crippen molar-refractivity contribution in [3.8, 4) is 39.6 Å². The number of hydrogen-bond donors (Lipinski definition) is 0. The largest absolute Gasteiger partial charge is 0.486 e. The second kappa shape index (κ2) is 16.8. The molecule has 0 bridgehead atoms. The van der Waals surface area contributed by atoms with Gasteiger partial charge in [0.05, 0.1) is 28.1 Å². The first-order chi connectivity index (χ1) is 28.7. The van der Waals surface area contributed by atoms with Crippen LogP contribution in [0.1, 0.15) is 87.0 Å². The zero-order valence-corrected chi connectivity index (χ0v) is 35.3. The molecule has 57 heavy (non-hydrogen) atoms. The topological polar surface area (TPSA) is 56.7 Å². The van der Waals surface area contributed by atoms with Gasteiger partial charge in [0.1, 0.15) is 0 Å². The third-order valence-electron chi connectivity index (χ3n) is 10.1. The van der Waals surface area contributed by atoms with Crippen molar-refractivity contribution < 1.29 is 30.0 Å². The monoisotopic (exact) mass is 927 g/mol. The fraction of sp³-hybridized carbons (Fsp3) is 0.196. The van der Waals surface area contributed by atoms with Crippen molar-refractivity contribution in [2.24, 2.45) is 0 Å². The summed E-state index contributed by atoms with van der Waals surface area (Å²) in [4.78, 5) is 14.3. The summed E-state index contributed by atoms with van der Waals surface area (Å²) in [6.07, 6.45) is 1.36. The van der Waals surface area contributed by atoms with Crippen molar-refractivity contribution in [3.05, 3.63) is 168 Å². The van der Waals surface area contributed by atoms with Crippen LogP contribution in [0.3, 0.4) is 0 Å². The number of aryl methyl sites for hydroxylation is 1. The quantitative estimate of drug-likeness (QED) is 0.149. The molecule has 0 fully saturated rings. The predicted octanol–water partition coefficient (Wildman–Crippen LogP) is 13.7. The summed E-state index contributed by atoms with van der Waals surface area (Å²) < 4.78 is 39.7. The molecule has 4 heterocycles. The van der Waals surface area contributed by atoms with E-state index in [0.29, 0.717) is 28.8 Å². The van der Waals surface area contributed by atoms with Crippen LogP contribution in [0.2, 0.25) is 0 Å². The Morgan fingerprint density at radius 2 is 1.42 bits per heavy atom. The Bertz CT molecular complexity index is 2940. The smallest absolute Gasteiger partial charge is 0.216 e. The van der Waals surface area contributed by atoms with Crippen molar-refractivity contribution in [2.45, 2.75) is 66.1 Å². The van der Waals surface area contributed by atoms with E-state index in [4.69, 9.17) is 19.9 Å². The molecular formula is C51H46IrN4O-2. The molecule has 0 spiro atoms. The van der Waals surface area contributed by atoms with Gasteiger partial charge in [0.25, 0.3) is 0 Å². The molecule has 0 atom stereocenters. The third kappa shape index (κ3) is 7.73. The van der Waals surface area contributed by atoms with Gasteiger partial charge in [0.15, 0.2) is 0 Å². The standard InChI is InChI=1S/C36H30N3O.C15H16N.Ir/c1-22(2)25-14-10-15-26(23(3)4)33(25)39-32-19-9-8-18-31(32)37-35(39)29-17-11-16-27-28-20-21-30(24-12-6-5-7-13-24)38-36(28)40-34(27)29;1-11(2)14-9-15(16-10-12(14)3)13-7-5-4-6-8-13;/h5-16,18-23H,1-4H3;4-7,9-11H,1-3H3;/q2*-1;/i;3D3,11D;. The number of fused-ring (bicyclic) bond motifs is 4. The van der Waals surface area contributed by atoms with Crippen LogP contribution in [-0.4, -0.2) is 19.5 Å². The van der Waals surface area contributed by atoms with Crippen LogP contribution in [0.4, 0.5) is 0 Å². The minimum Gasteiger partial charge on any atom is -0.486 e. The van der Waals surface area contributed by atoms with Gasteiger partial charge in [-0.15, -0.1) is 54.1 Å². The van der Waals surface area contributed by atoms with Gasteiger partial charge in [-0.25, -0.2) is 4.98 Å². The maximum Gasteiger partial charge on any atom is 0.216 e. The van der Waals surface area contributed by atoms with E-state index in [1.807, 2.05) is 48.5 Å². The molecule has 0 N–H and O–H groups in total. The SMILES string of the molecule is CC(C)c1cccc(C(C)C)c1-n1c(-c2[c-]ccc3c2oc2nc(-c4ccccc4)ccc23)nc2ccccc21.[2H]C([2H])([2H])c1cnc(-c2[c-]cccc2)cc1C([2H])(C)C.[Ir]. The maximum absolute atomic E-state index is 8.16. The molecule has 0 saturated heterocycles. The molecule has 0 aliphatic rings. The molecule has 0 aliphatic heterocycles. The first kappa shape index (κ1) is 34.6. The molecule has 0 aliphatic carbocycles. The van der Waals surface area contributed by atoms with Gasteiger partial charge in [-0.05, 0) is 76.8 Å². The van der Waals surface area contributed by atoms with Crippen LogP contribution in [0.5, 0.6) is 0 Å². The van der Waals surface area contributed by atoms with Crippen molar-refractivity contribution in [1.29, 1.82) is 0 Å². The first-order valence-electron chi connectivity index (χ1n) is 21.1. The number of imidazole rings is 1. The second-order valence-electron chi connectivity index (χ2n) is 14.9. The molecule has 4 aromatic heterocycles. The number of para-hydroxylation sites is 3. The molecule has 6 heteroatoms. The number of rotatable bonds is 7. The van der Waals surface area contributed by atoms with E-state index in [9.17, 15) is 0 Å². The summed E-state index contributed by atoms with van der Waals surface area (Å²) in [6.45, 7) is 10.1. The number of aromatic nitrogens is 4. The number of furan rings is 1. The van der Waals surface area contributed by atoms with Crippen molar-refractivity contribution >= 4 is 33.1 Å². The van der Waals surface area contributed by atoms with Crippen molar-refractivity contribution in [2.75, 3.05) is 0 Å². The normalized spacial score (nSPS) is 12.8. The van der Waals surface area contributed by atoms with Crippen molar-refractivity contribution in [3.63, 3.8) is 0 Å². The molecule has 0 saturated carbocycles. The van der Waals surface area contributed by atoms with E-state index in [-0.39, 0.29) is 25.7 Å². The van der Waals surface area contributed by atoms with Crippen molar-refractivity contribution in [1.82, 2.24) is 19.5 Å². The van der Waals surface area contributed by atoms with E-state index in [1.54, 1.807) is 26.0 Å². The molecule has 0 unspecified atom stereocenters. The van der Waals surface area contributed by atoms with Gasteiger partial charge in [-0.3, -0.25) is 4.98 Å². The average Bonchev–Trinajstić information content (AvgIpc) is 3.82. The van der Waals surface area contributed by atoms with Crippen LogP contribution in [0.15, 0.2) is 138 Å². The van der Waals surface area contributed by atoms with Gasteiger partial charge in [0, 0.05) is 48.4 Å². The Morgan fingerprint density at radius 3 is 2.12 bits per heavy atom. The Kier molecular flexibility index (Phi) is 10.2. The van der Waals surface area contributed by atoms with E-state index in [2.05, 4.69) is 116 Å². The summed E-state index contributed by atoms with van der Waals surface area (Å²) in [6, 6.07) is 49.0. The zero-order chi connectivity index (χ0) is 42.3. The minimum absolute atomic E-state index is 0. The number of pyridine rings is 2. The first-order valence-corrected chi connectivity index (χ1v) is 19.1. The van der Waals surface area contributed by atoms with Gasteiger partial charge < -0.3 is 14.0 Å². The van der Waals surface area contributed by atoms with E-state index in [1.165, 1.54) is 23.0 Å². The molecule has 5 aromatic carbocycles. The van der Waals surface area contributed by atoms with Crippen LogP contribution < -0.4 is 0 Å². The van der Waals surface area contributed by atoms with Crippen LogP contribution >= 0.6 is 0 Å². The fourth-order valence-electron chi connectivity index (χ4n) is 7.32. The minimum atomic E-state index is -2.26. The molecular weight excluding hydrogens is 877 g/mol. The number of nitrogens with zero attached hydrogens (tertiary/aromatic N) is 4. The Morgan fingerprint density at radius 1 is 0.684 bits per heavy atom. The van der Waals surface area contributed by atoms with Gasteiger partial charge in [-0.2, -0.15) is 0 Å². The summed E-state index contributed by atoms with van der Waals surface area (Å²) in [5, 5.41) is 1.99. The Balaban J connectivity index is 0.000000226. The predicted molar refractivity (Wildman–Crippen MR) is 231 cm³/mol. The second-order valence-corrected chi connectivity index (χ2v) is 14.9. The van der Waals surface area contributed by atoms with Gasteiger partial charge >= 0.3 is 0 Å². The number of hydrogen-bond acceptors (Lipinski definition) is 4. The molecule has 0 amide bonds. The Labute approximate surface area is 354 Å². The molecule has 5 nitrogen and oxygen atoms in total. The van der Waals surface area contributed by atoms with E-state index < -0.39 is 12.7 Å². The average molecular weight is 927 g/mol. The van der Waals surface area contributed by atoms with Crippen LogP contribution in [-0.2, 0) is 20.1 Å². The van der Waals surface area contributed by atoms with E-state index >= 15 is 0 Å². The molecule has 1 radical (unpaired) electrons. The van der Waals surface area contributed by atoms with E-state index in [0.717, 1.165) is 55.6 Å². The molecule has 9 rings (SSSR count). The summed E-state index contributed by atoms with van der Waals surface area (Å²) >= 11 is 0. The maximum atomic E-state index is 8.16. The summed E-state index contributed by atoms with van der Waals surface area (Å²) in [7, 11) is 0. The molecule has 9 aromatic rings. The number of benzene rings is 5. The van der Waals surface area contributed by atoms with Crippen LogP contribution in [0.25, 0.3) is 72.7 Å². The summed E-state index contributed by atoms with van der Waals surface area (Å²) in [5.41, 5.74) is 12.0. The van der Waals surface area contributed by atoms with Gasteiger partial charge in [0.2, 0.25) is 5.71 Å². The molecule has 287 valence electrons. The fourth-order valence-corrected chi connectivity index (χ4v) is 7.32.